The first-order chi connectivity index (χ1) is 16.3. The number of alkyl halides is 1. The van der Waals surface area contributed by atoms with E-state index in [1.54, 1.807) is 0 Å². The minimum Gasteiger partial charge on any atom is -0.459 e. The monoisotopic (exact) mass is 474 g/mol. The second-order valence-corrected chi connectivity index (χ2v) is 12.3. The molecule has 0 saturated heterocycles. The number of ketones is 1. The third-order valence-corrected chi connectivity index (χ3v) is 10.3. The normalized spacial score (nSPS) is 39.1. The van der Waals surface area contributed by atoms with E-state index in [-0.39, 0.29) is 29.0 Å². The van der Waals surface area contributed by atoms with Crippen LogP contribution in [0.3, 0.4) is 0 Å². The second-order valence-electron chi connectivity index (χ2n) is 12.3. The smallest absolute Gasteiger partial charge is 0.306 e. The predicted molar refractivity (Wildman–Crippen MR) is 134 cm³/mol. The molecule has 4 aliphatic rings. The standard InChI is InChI=1S/C30H47FO3/c1-4-5-6-7-8-9-10-11-12-27(33)34-30(3)18-17-25-24-15-13-21-19-22(32)14-16-23(21)28(24)26(31)20-29(25,30)2/h19,23-26,28H,4-18,20H2,1-3H3/t23-,24-,25-,26-,28+,29-,30-/m0/s1. The van der Waals surface area contributed by atoms with Gasteiger partial charge in [-0.2, -0.15) is 0 Å². The van der Waals surface area contributed by atoms with Crippen molar-refractivity contribution in [2.45, 2.75) is 135 Å². The van der Waals surface area contributed by atoms with Crippen molar-refractivity contribution >= 4 is 11.8 Å². The number of halogens is 1. The molecule has 7 atom stereocenters. The van der Waals surface area contributed by atoms with Crippen LogP contribution in [-0.4, -0.2) is 23.5 Å². The molecule has 0 aromatic carbocycles. The molecule has 3 fully saturated rings. The van der Waals surface area contributed by atoms with E-state index in [9.17, 15) is 9.59 Å². The van der Waals surface area contributed by atoms with Crippen molar-refractivity contribution in [1.29, 1.82) is 0 Å². The number of hydrogen-bond donors (Lipinski definition) is 0. The number of rotatable bonds is 10. The van der Waals surface area contributed by atoms with Gasteiger partial charge in [0, 0.05) is 18.3 Å². The number of fused-ring (bicyclic) bond motifs is 5. The van der Waals surface area contributed by atoms with Gasteiger partial charge in [0.2, 0.25) is 0 Å². The Morgan fingerprint density at radius 3 is 2.47 bits per heavy atom. The quantitative estimate of drug-likeness (QED) is 0.239. The van der Waals surface area contributed by atoms with Crippen LogP contribution in [0.2, 0.25) is 0 Å². The van der Waals surface area contributed by atoms with Gasteiger partial charge in [0.05, 0.1) is 0 Å². The van der Waals surface area contributed by atoms with Crippen LogP contribution in [0.15, 0.2) is 11.6 Å². The van der Waals surface area contributed by atoms with E-state index in [0.717, 1.165) is 44.9 Å². The highest BCUT2D eigenvalue weighted by atomic mass is 19.1. The summed E-state index contributed by atoms with van der Waals surface area (Å²) in [5.41, 5.74) is 0.346. The van der Waals surface area contributed by atoms with Gasteiger partial charge in [0.25, 0.3) is 0 Å². The summed E-state index contributed by atoms with van der Waals surface area (Å²) in [6.07, 6.45) is 16.8. The van der Waals surface area contributed by atoms with Crippen molar-refractivity contribution in [2.24, 2.45) is 29.1 Å². The number of hydrogen-bond acceptors (Lipinski definition) is 3. The molecule has 0 aliphatic heterocycles. The van der Waals surface area contributed by atoms with Crippen molar-refractivity contribution in [3.8, 4) is 0 Å². The van der Waals surface area contributed by atoms with E-state index in [2.05, 4.69) is 20.8 Å². The molecule has 3 saturated carbocycles. The zero-order valence-electron chi connectivity index (χ0n) is 21.9. The Bertz CT molecular complexity index is 775. The largest absolute Gasteiger partial charge is 0.459 e. The fraction of sp³-hybridized carbons (Fsp3) is 0.867. The Balaban J connectivity index is 1.33. The SMILES string of the molecule is CCCCCCCCCCC(=O)O[C@@]1(C)CC[C@H]2[C@@H]3CCC4=CC(=O)CC[C@@H]4[C@H]3[C@@H](F)C[C@@]21C. The highest BCUT2D eigenvalue weighted by Gasteiger charge is 2.65. The van der Waals surface area contributed by atoms with Gasteiger partial charge in [-0.05, 0) is 81.6 Å². The van der Waals surface area contributed by atoms with Crippen LogP contribution in [-0.2, 0) is 14.3 Å². The molecular formula is C30H47FO3. The molecule has 0 bridgehead atoms. The summed E-state index contributed by atoms with van der Waals surface area (Å²) in [7, 11) is 0. The molecular weight excluding hydrogens is 427 g/mol. The van der Waals surface area contributed by atoms with Gasteiger partial charge in [0.1, 0.15) is 11.8 Å². The van der Waals surface area contributed by atoms with Gasteiger partial charge >= 0.3 is 5.97 Å². The van der Waals surface area contributed by atoms with Gasteiger partial charge < -0.3 is 4.74 Å². The fourth-order valence-corrected chi connectivity index (χ4v) is 8.28. The number of unbranched alkanes of at least 4 members (excludes halogenated alkanes) is 7. The van der Waals surface area contributed by atoms with Crippen LogP contribution in [0.4, 0.5) is 4.39 Å². The first kappa shape index (κ1) is 25.9. The lowest BCUT2D eigenvalue weighted by Crippen LogP contribution is -2.56. The van der Waals surface area contributed by atoms with E-state index in [4.69, 9.17) is 4.74 Å². The highest BCUT2D eigenvalue weighted by molar-refractivity contribution is 5.91. The average molecular weight is 475 g/mol. The zero-order valence-corrected chi connectivity index (χ0v) is 21.9. The van der Waals surface area contributed by atoms with Crippen LogP contribution in [0.5, 0.6) is 0 Å². The van der Waals surface area contributed by atoms with Crippen molar-refractivity contribution in [1.82, 2.24) is 0 Å². The van der Waals surface area contributed by atoms with E-state index in [1.165, 1.54) is 44.1 Å². The lowest BCUT2D eigenvalue weighted by atomic mass is 9.50. The Labute approximate surface area is 206 Å². The van der Waals surface area contributed by atoms with Crippen LogP contribution >= 0.6 is 0 Å². The maximum Gasteiger partial charge on any atom is 0.306 e. The molecule has 0 heterocycles. The van der Waals surface area contributed by atoms with Crippen LogP contribution in [0.1, 0.15) is 124 Å². The molecule has 4 aliphatic carbocycles. The molecule has 34 heavy (non-hydrogen) atoms. The first-order valence-corrected chi connectivity index (χ1v) is 14.4. The Kier molecular flexibility index (Phi) is 8.24. The first-order valence-electron chi connectivity index (χ1n) is 14.4. The summed E-state index contributed by atoms with van der Waals surface area (Å²) < 4.78 is 22.1. The molecule has 0 spiro atoms. The third kappa shape index (κ3) is 5.03. The number of allylic oxidation sites excluding steroid dienone is 1. The second kappa shape index (κ2) is 10.8. The van der Waals surface area contributed by atoms with Crippen molar-refractivity contribution in [2.75, 3.05) is 0 Å². The summed E-state index contributed by atoms with van der Waals surface area (Å²) in [5, 5.41) is 0. The number of carbonyl (C=O) groups excluding carboxylic acids is 2. The fourth-order valence-electron chi connectivity index (χ4n) is 8.28. The van der Waals surface area contributed by atoms with E-state index in [0.29, 0.717) is 31.1 Å². The summed E-state index contributed by atoms with van der Waals surface area (Å²) in [6.45, 7) is 6.52. The topological polar surface area (TPSA) is 43.4 Å². The molecule has 3 nitrogen and oxygen atoms in total. The molecule has 0 aromatic rings. The van der Waals surface area contributed by atoms with E-state index in [1.807, 2.05) is 6.08 Å². The zero-order chi connectivity index (χ0) is 24.3. The van der Waals surface area contributed by atoms with Crippen molar-refractivity contribution < 1.29 is 18.7 Å². The summed E-state index contributed by atoms with van der Waals surface area (Å²) in [5.74, 6) is 1.17. The summed E-state index contributed by atoms with van der Waals surface area (Å²) in [6, 6.07) is 0. The molecule has 0 amide bonds. The van der Waals surface area contributed by atoms with Crippen molar-refractivity contribution in [3.63, 3.8) is 0 Å². The molecule has 0 radical (unpaired) electrons. The lowest BCUT2D eigenvalue weighted by molar-refractivity contribution is -0.184. The highest BCUT2D eigenvalue weighted by Crippen LogP contribution is 2.66. The minimum atomic E-state index is -0.878. The van der Waals surface area contributed by atoms with E-state index < -0.39 is 11.8 Å². The van der Waals surface area contributed by atoms with Gasteiger partial charge in [-0.3, -0.25) is 9.59 Å². The van der Waals surface area contributed by atoms with Gasteiger partial charge in [-0.15, -0.1) is 0 Å². The Morgan fingerprint density at radius 1 is 1.03 bits per heavy atom. The molecule has 0 unspecified atom stereocenters. The molecule has 192 valence electrons. The minimum absolute atomic E-state index is 0.0431. The molecule has 0 N–H and O–H groups in total. The maximum atomic E-state index is 15.9. The molecule has 4 rings (SSSR count). The molecule has 4 heteroatoms. The molecule has 0 aromatic heterocycles. The summed E-state index contributed by atoms with van der Waals surface area (Å²) >= 11 is 0. The number of carbonyl (C=O) groups is 2. The van der Waals surface area contributed by atoms with E-state index >= 15 is 4.39 Å². The van der Waals surface area contributed by atoms with Gasteiger partial charge in [-0.25, -0.2) is 4.39 Å². The van der Waals surface area contributed by atoms with Gasteiger partial charge in [0.15, 0.2) is 5.78 Å². The number of esters is 1. The number of ether oxygens (including phenoxy) is 1. The van der Waals surface area contributed by atoms with Crippen LogP contribution < -0.4 is 0 Å². The Morgan fingerprint density at radius 2 is 1.74 bits per heavy atom. The van der Waals surface area contributed by atoms with Crippen molar-refractivity contribution in [3.05, 3.63) is 11.6 Å². The third-order valence-electron chi connectivity index (χ3n) is 10.3. The van der Waals surface area contributed by atoms with Crippen LogP contribution in [0.25, 0.3) is 0 Å². The lowest BCUT2D eigenvalue weighted by Gasteiger charge is -2.56. The average Bonchev–Trinajstić information content (AvgIpc) is 3.05. The van der Waals surface area contributed by atoms with Gasteiger partial charge in [-0.1, -0.05) is 64.4 Å². The predicted octanol–water partition coefficient (Wildman–Crippen LogP) is 7.91. The Hall–Kier alpha value is -1.19. The van der Waals surface area contributed by atoms with Crippen LogP contribution in [0, 0.1) is 29.1 Å². The summed E-state index contributed by atoms with van der Waals surface area (Å²) in [4.78, 5) is 24.7. The maximum absolute atomic E-state index is 15.9.